The van der Waals surface area contributed by atoms with Gasteiger partial charge in [0.15, 0.2) is 0 Å². The summed E-state index contributed by atoms with van der Waals surface area (Å²) in [6.07, 6.45) is 7.53. The summed E-state index contributed by atoms with van der Waals surface area (Å²) in [5.41, 5.74) is 5.45. The molecule has 2 N–H and O–H groups in total. The largest absolute Gasteiger partial charge is 0.339 e. The van der Waals surface area contributed by atoms with Crippen LogP contribution in [0.4, 0.5) is 0 Å². The van der Waals surface area contributed by atoms with Crippen LogP contribution in [0.3, 0.4) is 0 Å². The maximum absolute atomic E-state index is 12.1. The molecule has 1 amide bonds. The van der Waals surface area contributed by atoms with Crippen molar-refractivity contribution in [1.29, 1.82) is 0 Å². The minimum absolute atomic E-state index is 0.369. The van der Waals surface area contributed by atoms with E-state index in [-0.39, 0.29) is 0 Å². The lowest BCUT2D eigenvalue weighted by atomic mass is 10.0. The average molecular weight is 240 g/mol. The second-order valence-corrected chi connectivity index (χ2v) is 5.49. The average Bonchev–Trinajstić information content (AvgIpc) is 2.77. The van der Waals surface area contributed by atoms with Gasteiger partial charge in [0.25, 0.3) is 0 Å². The first-order valence-corrected chi connectivity index (χ1v) is 7.16. The van der Waals surface area contributed by atoms with E-state index in [2.05, 4.69) is 18.7 Å². The molecular weight excluding hydrogens is 212 g/mol. The molecule has 0 saturated carbocycles. The number of unbranched alkanes of at least 4 members (excludes halogenated alkanes) is 3. The standard InChI is InChI=1S/C14H28N2O/c1-12(2)13-8-7-11-16(13)14(17)9-5-3-4-6-10-15/h12-13H,3-11,15H2,1-2H3. The fourth-order valence-electron chi connectivity index (χ4n) is 2.71. The number of nitrogens with zero attached hydrogens (tertiary/aromatic N) is 1. The van der Waals surface area contributed by atoms with Crippen molar-refractivity contribution in [3.8, 4) is 0 Å². The minimum Gasteiger partial charge on any atom is -0.339 e. The van der Waals surface area contributed by atoms with E-state index in [1.54, 1.807) is 0 Å². The first-order chi connectivity index (χ1) is 8.16. The van der Waals surface area contributed by atoms with Gasteiger partial charge in [0, 0.05) is 19.0 Å². The van der Waals surface area contributed by atoms with Crippen molar-refractivity contribution in [2.24, 2.45) is 11.7 Å². The van der Waals surface area contributed by atoms with Gasteiger partial charge >= 0.3 is 0 Å². The van der Waals surface area contributed by atoms with Gasteiger partial charge in [-0.3, -0.25) is 4.79 Å². The summed E-state index contributed by atoms with van der Waals surface area (Å²) in [5.74, 6) is 0.965. The Hall–Kier alpha value is -0.570. The quantitative estimate of drug-likeness (QED) is 0.695. The van der Waals surface area contributed by atoms with Gasteiger partial charge in [-0.05, 0) is 38.1 Å². The lowest BCUT2D eigenvalue weighted by Crippen LogP contribution is -2.38. The highest BCUT2D eigenvalue weighted by Gasteiger charge is 2.29. The van der Waals surface area contributed by atoms with E-state index < -0.39 is 0 Å². The van der Waals surface area contributed by atoms with Gasteiger partial charge in [0.2, 0.25) is 5.91 Å². The summed E-state index contributed by atoms with van der Waals surface area (Å²) in [5, 5.41) is 0. The smallest absolute Gasteiger partial charge is 0.222 e. The molecule has 3 nitrogen and oxygen atoms in total. The zero-order valence-corrected chi connectivity index (χ0v) is 11.5. The van der Waals surface area contributed by atoms with Crippen molar-refractivity contribution in [3.63, 3.8) is 0 Å². The van der Waals surface area contributed by atoms with Crippen LogP contribution in [0.1, 0.15) is 58.8 Å². The summed E-state index contributed by atoms with van der Waals surface area (Å²) >= 11 is 0. The fraction of sp³-hybridized carbons (Fsp3) is 0.929. The normalized spacial score (nSPS) is 20.2. The Bertz CT molecular complexity index is 228. The van der Waals surface area contributed by atoms with E-state index >= 15 is 0 Å². The number of carbonyl (C=O) groups excluding carboxylic acids is 1. The number of amides is 1. The molecule has 0 aliphatic carbocycles. The van der Waals surface area contributed by atoms with E-state index in [1.807, 2.05) is 0 Å². The Labute approximate surface area is 106 Å². The summed E-state index contributed by atoms with van der Waals surface area (Å²) in [7, 11) is 0. The van der Waals surface area contributed by atoms with E-state index in [0.29, 0.717) is 17.9 Å². The molecule has 1 unspecified atom stereocenters. The lowest BCUT2D eigenvalue weighted by Gasteiger charge is -2.27. The second-order valence-electron chi connectivity index (χ2n) is 5.49. The molecule has 0 aromatic carbocycles. The van der Waals surface area contributed by atoms with Crippen LogP contribution in [0.2, 0.25) is 0 Å². The lowest BCUT2D eigenvalue weighted by molar-refractivity contribution is -0.132. The monoisotopic (exact) mass is 240 g/mol. The highest BCUT2D eigenvalue weighted by atomic mass is 16.2. The van der Waals surface area contributed by atoms with Gasteiger partial charge in [-0.2, -0.15) is 0 Å². The van der Waals surface area contributed by atoms with E-state index in [9.17, 15) is 4.79 Å². The molecule has 1 heterocycles. The van der Waals surface area contributed by atoms with Crippen molar-refractivity contribution >= 4 is 5.91 Å². The predicted octanol–water partition coefficient (Wildman–Crippen LogP) is 2.54. The van der Waals surface area contributed by atoms with E-state index in [0.717, 1.165) is 45.2 Å². The number of likely N-dealkylation sites (tertiary alicyclic amines) is 1. The zero-order chi connectivity index (χ0) is 12.7. The Kier molecular flexibility index (Phi) is 6.56. The van der Waals surface area contributed by atoms with Crippen LogP contribution in [0.15, 0.2) is 0 Å². The Morgan fingerprint density at radius 2 is 2.00 bits per heavy atom. The Balaban J connectivity index is 2.22. The third-order valence-electron chi connectivity index (χ3n) is 3.73. The topological polar surface area (TPSA) is 46.3 Å². The molecule has 1 aliphatic heterocycles. The number of hydrogen-bond acceptors (Lipinski definition) is 2. The van der Waals surface area contributed by atoms with Crippen LogP contribution in [0, 0.1) is 5.92 Å². The van der Waals surface area contributed by atoms with Gasteiger partial charge in [-0.15, -0.1) is 0 Å². The second kappa shape index (κ2) is 7.70. The van der Waals surface area contributed by atoms with Crippen molar-refractivity contribution in [3.05, 3.63) is 0 Å². The summed E-state index contributed by atoms with van der Waals surface area (Å²) < 4.78 is 0. The van der Waals surface area contributed by atoms with Crippen LogP contribution in [-0.4, -0.2) is 29.9 Å². The van der Waals surface area contributed by atoms with Crippen LogP contribution < -0.4 is 5.73 Å². The number of hydrogen-bond donors (Lipinski definition) is 1. The van der Waals surface area contributed by atoms with Crippen LogP contribution in [-0.2, 0) is 4.79 Å². The molecule has 1 aliphatic rings. The van der Waals surface area contributed by atoms with Crippen molar-refractivity contribution in [2.75, 3.05) is 13.1 Å². The highest BCUT2D eigenvalue weighted by molar-refractivity contribution is 5.76. The molecule has 0 aromatic heterocycles. The molecule has 0 aromatic rings. The van der Waals surface area contributed by atoms with Crippen molar-refractivity contribution < 1.29 is 4.79 Å². The molecule has 17 heavy (non-hydrogen) atoms. The molecule has 1 saturated heterocycles. The zero-order valence-electron chi connectivity index (χ0n) is 11.5. The molecule has 0 spiro atoms. The molecule has 3 heteroatoms. The molecule has 0 bridgehead atoms. The molecule has 1 atom stereocenters. The number of nitrogens with two attached hydrogens (primary N) is 1. The SMILES string of the molecule is CC(C)C1CCCN1C(=O)CCCCCCN. The first kappa shape index (κ1) is 14.5. The van der Waals surface area contributed by atoms with Gasteiger partial charge in [0.1, 0.15) is 0 Å². The number of carbonyl (C=O) groups is 1. The van der Waals surface area contributed by atoms with Crippen LogP contribution >= 0.6 is 0 Å². The third kappa shape index (κ3) is 4.66. The van der Waals surface area contributed by atoms with E-state index in [1.165, 1.54) is 12.8 Å². The van der Waals surface area contributed by atoms with Gasteiger partial charge in [0.05, 0.1) is 0 Å². The van der Waals surface area contributed by atoms with Gasteiger partial charge < -0.3 is 10.6 Å². The molecular formula is C14H28N2O. The Morgan fingerprint density at radius 3 is 2.65 bits per heavy atom. The number of rotatable bonds is 7. The third-order valence-corrected chi connectivity index (χ3v) is 3.73. The van der Waals surface area contributed by atoms with E-state index in [4.69, 9.17) is 5.73 Å². The summed E-state index contributed by atoms with van der Waals surface area (Å²) in [4.78, 5) is 14.2. The molecule has 0 radical (unpaired) electrons. The van der Waals surface area contributed by atoms with Crippen molar-refractivity contribution in [1.82, 2.24) is 4.90 Å². The first-order valence-electron chi connectivity index (χ1n) is 7.16. The molecule has 1 rings (SSSR count). The minimum atomic E-state index is 0.369. The van der Waals surface area contributed by atoms with Gasteiger partial charge in [-0.1, -0.05) is 26.7 Å². The maximum atomic E-state index is 12.1. The van der Waals surface area contributed by atoms with Crippen LogP contribution in [0.5, 0.6) is 0 Å². The Morgan fingerprint density at radius 1 is 1.29 bits per heavy atom. The fourth-order valence-corrected chi connectivity index (χ4v) is 2.71. The predicted molar refractivity (Wildman–Crippen MR) is 71.7 cm³/mol. The highest BCUT2D eigenvalue weighted by Crippen LogP contribution is 2.24. The summed E-state index contributed by atoms with van der Waals surface area (Å²) in [6, 6.07) is 0.492. The molecule has 1 fully saturated rings. The maximum Gasteiger partial charge on any atom is 0.222 e. The summed E-state index contributed by atoms with van der Waals surface area (Å²) in [6.45, 7) is 6.19. The van der Waals surface area contributed by atoms with Gasteiger partial charge in [-0.25, -0.2) is 0 Å². The van der Waals surface area contributed by atoms with Crippen LogP contribution in [0.25, 0.3) is 0 Å². The van der Waals surface area contributed by atoms with Crippen molar-refractivity contribution in [2.45, 2.75) is 64.8 Å². The molecule has 100 valence electrons.